The predicted molar refractivity (Wildman–Crippen MR) is 140 cm³/mol. The normalized spacial score (nSPS) is 11.7. The number of aryl methyl sites for hydroxylation is 1. The number of hydrogen-bond acceptors (Lipinski definition) is 2. The molecule has 2 amide bonds. The molecule has 206 valence electrons. The van der Waals surface area contributed by atoms with Crippen molar-refractivity contribution in [2.45, 2.75) is 19.3 Å². The third kappa shape index (κ3) is 6.17. The molecule has 0 spiro atoms. The molecule has 0 atom stereocenters. The minimum Gasteiger partial charge on any atom is -0.355 e. The van der Waals surface area contributed by atoms with Gasteiger partial charge in [-0.05, 0) is 71.6 Å². The van der Waals surface area contributed by atoms with Crippen molar-refractivity contribution in [3.63, 3.8) is 0 Å². The average molecular weight is 557 g/mol. The van der Waals surface area contributed by atoms with Gasteiger partial charge >= 0.3 is 12.4 Å². The Hall–Kier alpha value is -4.60. The van der Waals surface area contributed by atoms with Crippen LogP contribution >= 0.6 is 0 Å². The first-order valence-corrected chi connectivity index (χ1v) is 11.9. The first kappa shape index (κ1) is 28.4. The van der Waals surface area contributed by atoms with Gasteiger partial charge in [0.25, 0.3) is 11.8 Å². The summed E-state index contributed by atoms with van der Waals surface area (Å²) in [5.74, 6) is -0.936. The number of nitrogens with one attached hydrogen (secondary N) is 2. The van der Waals surface area contributed by atoms with E-state index in [1.165, 1.54) is 32.2 Å². The summed E-state index contributed by atoms with van der Waals surface area (Å²) in [6.07, 6.45) is -9.85. The van der Waals surface area contributed by atoms with Gasteiger partial charge in [-0.1, -0.05) is 48.0 Å². The van der Waals surface area contributed by atoms with E-state index in [0.717, 1.165) is 35.4 Å². The van der Waals surface area contributed by atoms with E-state index in [1.54, 1.807) is 36.4 Å². The van der Waals surface area contributed by atoms with Crippen molar-refractivity contribution in [3.8, 4) is 22.3 Å². The number of amides is 2. The van der Waals surface area contributed by atoms with Crippen LogP contribution in [-0.2, 0) is 12.4 Å². The second kappa shape index (κ2) is 10.9. The molecule has 0 unspecified atom stereocenters. The van der Waals surface area contributed by atoms with E-state index >= 15 is 0 Å². The fourth-order valence-corrected chi connectivity index (χ4v) is 4.19. The molecule has 0 aliphatic heterocycles. The molecule has 0 radical (unpaired) electrons. The lowest BCUT2D eigenvalue weighted by Crippen LogP contribution is -2.17. The van der Waals surface area contributed by atoms with Crippen molar-refractivity contribution in [3.05, 3.63) is 113 Å². The second-order valence-electron chi connectivity index (χ2n) is 8.99. The van der Waals surface area contributed by atoms with Crippen molar-refractivity contribution in [2.24, 2.45) is 0 Å². The first-order valence-electron chi connectivity index (χ1n) is 11.9. The molecule has 0 bridgehead atoms. The van der Waals surface area contributed by atoms with E-state index in [0.29, 0.717) is 11.6 Å². The average Bonchev–Trinajstić information content (AvgIpc) is 2.92. The summed E-state index contributed by atoms with van der Waals surface area (Å²) in [4.78, 5) is 24.5. The highest BCUT2D eigenvalue weighted by Crippen LogP contribution is 2.43. The summed E-state index contributed by atoms with van der Waals surface area (Å²) in [5.41, 5.74) is -1.58. The van der Waals surface area contributed by atoms with E-state index < -0.39 is 40.5 Å². The fourth-order valence-electron chi connectivity index (χ4n) is 4.19. The highest BCUT2D eigenvalue weighted by atomic mass is 19.4. The molecule has 4 nitrogen and oxygen atoms in total. The molecule has 0 heterocycles. The van der Waals surface area contributed by atoms with Gasteiger partial charge in [0.05, 0.1) is 11.1 Å². The van der Waals surface area contributed by atoms with Gasteiger partial charge < -0.3 is 10.6 Å². The highest BCUT2D eigenvalue weighted by molar-refractivity contribution is 6.04. The third-order valence-electron chi connectivity index (χ3n) is 6.21. The van der Waals surface area contributed by atoms with E-state index in [9.17, 15) is 35.9 Å². The summed E-state index contributed by atoms with van der Waals surface area (Å²) in [5, 5.41) is 4.91. The molecule has 0 aliphatic rings. The van der Waals surface area contributed by atoms with Gasteiger partial charge in [-0.15, -0.1) is 0 Å². The predicted octanol–water partition coefficient (Wildman–Crippen LogP) is 7.98. The van der Waals surface area contributed by atoms with Crippen LogP contribution in [0.25, 0.3) is 22.3 Å². The van der Waals surface area contributed by atoms with Crippen LogP contribution in [0, 0.1) is 6.92 Å². The molecule has 10 heteroatoms. The molecule has 4 aromatic rings. The molecule has 0 aliphatic carbocycles. The van der Waals surface area contributed by atoms with Gasteiger partial charge in [0.15, 0.2) is 0 Å². The van der Waals surface area contributed by atoms with E-state index in [-0.39, 0.29) is 22.7 Å². The molecule has 0 aromatic heterocycles. The van der Waals surface area contributed by atoms with Crippen LogP contribution in [0.1, 0.15) is 37.4 Å². The topological polar surface area (TPSA) is 58.2 Å². The monoisotopic (exact) mass is 556 g/mol. The van der Waals surface area contributed by atoms with Crippen LogP contribution in [-0.4, -0.2) is 18.9 Å². The Kier molecular flexibility index (Phi) is 7.72. The summed E-state index contributed by atoms with van der Waals surface area (Å²) in [6.45, 7) is 1.41. The Balaban J connectivity index is 1.60. The Labute approximate surface area is 225 Å². The van der Waals surface area contributed by atoms with Gasteiger partial charge in [0.1, 0.15) is 0 Å². The van der Waals surface area contributed by atoms with Crippen LogP contribution in [0.4, 0.5) is 32.0 Å². The third-order valence-corrected chi connectivity index (χ3v) is 6.21. The number of halogens is 6. The van der Waals surface area contributed by atoms with Crippen LogP contribution in [0.15, 0.2) is 84.9 Å². The van der Waals surface area contributed by atoms with Crippen LogP contribution in [0.3, 0.4) is 0 Å². The van der Waals surface area contributed by atoms with Crippen molar-refractivity contribution in [1.29, 1.82) is 0 Å². The first-order chi connectivity index (χ1) is 18.8. The smallest absolute Gasteiger partial charge is 0.355 e. The maximum absolute atomic E-state index is 14.0. The molecule has 0 fully saturated rings. The maximum atomic E-state index is 14.0. The van der Waals surface area contributed by atoms with Crippen molar-refractivity contribution in [1.82, 2.24) is 5.32 Å². The van der Waals surface area contributed by atoms with Gasteiger partial charge in [-0.3, -0.25) is 9.59 Å². The lowest BCUT2D eigenvalue weighted by Gasteiger charge is -2.19. The van der Waals surface area contributed by atoms with Crippen molar-refractivity contribution >= 4 is 17.5 Å². The van der Waals surface area contributed by atoms with E-state index in [1.807, 2.05) is 0 Å². The lowest BCUT2D eigenvalue weighted by molar-refractivity contribution is -0.139. The Morgan fingerprint density at radius 1 is 0.600 bits per heavy atom. The number of hydrogen-bond donors (Lipinski definition) is 2. The Morgan fingerprint density at radius 2 is 1.05 bits per heavy atom. The van der Waals surface area contributed by atoms with Crippen molar-refractivity contribution in [2.75, 3.05) is 12.4 Å². The zero-order valence-electron chi connectivity index (χ0n) is 21.2. The molecule has 4 rings (SSSR count). The number of carbonyl (C=O) groups is 2. The SMILES string of the molecule is CNC(=O)c1ccc(-c2ccc(C(=O)Nc3ccc(-c4ccc(C)cc4C(F)(F)F)c(C(F)(F)F)c3)cc2)cc1. The van der Waals surface area contributed by atoms with E-state index in [2.05, 4.69) is 10.6 Å². The minimum absolute atomic E-state index is 0.154. The molecule has 4 aromatic carbocycles. The molecule has 2 N–H and O–H groups in total. The summed E-state index contributed by atoms with van der Waals surface area (Å²) in [7, 11) is 1.52. The van der Waals surface area contributed by atoms with Crippen LogP contribution in [0.2, 0.25) is 0 Å². The zero-order chi connectivity index (χ0) is 29.2. The van der Waals surface area contributed by atoms with Crippen LogP contribution < -0.4 is 10.6 Å². The standard InChI is InChI=1S/C30H22F6N2O2/c1-17-3-13-23(25(15-17)29(31,32)33)24-14-12-22(16-26(24)30(34,35)36)38-28(40)21-10-6-19(7-11-21)18-4-8-20(9-5-18)27(39)37-2/h3-16H,1-2H3,(H,37,39)(H,38,40). The minimum atomic E-state index is -4.99. The summed E-state index contributed by atoms with van der Waals surface area (Å²) >= 11 is 0. The van der Waals surface area contributed by atoms with Gasteiger partial charge in [0, 0.05) is 23.9 Å². The van der Waals surface area contributed by atoms with Gasteiger partial charge in [-0.2, -0.15) is 26.3 Å². The Morgan fingerprint density at radius 3 is 1.52 bits per heavy atom. The number of benzene rings is 4. The number of anilines is 1. The zero-order valence-corrected chi connectivity index (χ0v) is 21.2. The van der Waals surface area contributed by atoms with Crippen molar-refractivity contribution < 1.29 is 35.9 Å². The molecule has 40 heavy (non-hydrogen) atoms. The fraction of sp³-hybridized carbons (Fsp3) is 0.133. The van der Waals surface area contributed by atoms with Gasteiger partial charge in [0.2, 0.25) is 0 Å². The summed E-state index contributed by atoms with van der Waals surface area (Å²) < 4.78 is 82.8. The molecular formula is C30H22F6N2O2. The number of alkyl halides is 6. The second-order valence-corrected chi connectivity index (χ2v) is 8.99. The number of rotatable bonds is 5. The molecular weight excluding hydrogens is 534 g/mol. The number of carbonyl (C=O) groups excluding carboxylic acids is 2. The lowest BCUT2D eigenvalue weighted by atomic mass is 9.93. The summed E-state index contributed by atoms with van der Waals surface area (Å²) in [6, 6.07) is 18.8. The molecule has 0 saturated carbocycles. The Bertz CT molecular complexity index is 1560. The molecule has 0 saturated heterocycles. The van der Waals surface area contributed by atoms with E-state index in [4.69, 9.17) is 0 Å². The quantitative estimate of drug-likeness (QED) is 0.245. The largest absolute Gasteiger partial charge is 0.417 e. The highest BCUT2D eigenvalue weighted by Gasteiger charge is 2.38. The van der Waals surface area contributed by atoms with Gasteiger partial charge in [-0.25, -0.2) is 0 Å². The maximum Gasteiger partial charge on any atom is 0.417 e. The van der Waals surface area contributed by atoms with Crippen LogP contribution in [0.5, 0.6) is 0 Å².